The number of carbonyl (C=O) groups is 1. The molecule has 2 aromatic carbocycles. The van der Waals surface area contributed by atoms with Crippen LogP contribution in [0.4, 0.5) is 5.69 Å². The number of rotatable bonds is 6. The van der Waals surface area contributed by atoms with E-state index in [0.717, 1.165) is 27.3 Å². The Labute approximate surface area is 178 Å². The third-order valence-electron chi connectivity index (χ3n) is 5.26. The number of hydrogen-bond donors (Lipinski definition) is 1. The fraction of sp³-hybridized carbons (Fsp3) is 0.409. The van der Waals surface area contributed by atoms with E-state index in [1.165, 1.54) is 0 Å². The molecule has 162 valence electrons. The molecule has 0 unspecified atom stereocenters. The smallest absolute Gasteiger partial charge is 0.244 e. The SMILES string of the molecule is Cc1ccc(N([C@@H](C)C(=O)N[C@@H](C)c2ccc3c(c2)OCCO3)S(C)(=O)=O)cc1C. The van der Waals surface area contributed by atoms with Gasteiger partial charge in [-0.25, -0.2) is 8.42 Å². The minimum Gasteiger partial charge on any atom is -0.486 e. The molecule has 2 atom stereocenters. The van der Waals surface area contributed by atoms with Crippen LogP contribution in [0.3, 0.4) is 0 Å². The fourth-order valence-electron chi connectivity index (χ4n) is 3.42. The van der Waals surface area contributed by atoms with Crippen LogP contribution in [0.5, 0.6) is 11.5 Å². The monoisotopic (exact) mass is 432 g/mol. The Bertz CT molecular complexity index is 1050. The van der Waals surface area contributed by atoms with Gasteiger partial charge in [0.25, 0.3) is 0 Å². The average Bonchev–Trinajstić information content (AvgIpc) is 2.69. The van der Waals surface area contributed by atoms with Crippen molar-refractivity contribution in [1.29, 1.82) is 0 Å². The maximum absolute atomic E-state index is 13.0. The molecule has 1 N–H and O–H groups in total. The zero-order valence-corrected chi connectivity index (χ0v) is 18.7. The molecule has 1 aliphatic heterocycles. The molecule has 1 amide bonds. The summed E-state index contributed by atoms with van der Waals surface area (Å²) < 4.78 is 37.3. The summed E-state index contributed by atoms with van der Waals surface area (Å²) in [6.45, 7) is 8.28. The molecule has 0 radical (unpaired) electrons. The minimum absolute atomic E-state index is 0.336. The summed E-state index contributed by atoms with van der Waals surface area (Å²) >= 11 is 0. The Morgan fingerprint density at radius 3 is 2.30 bits per heavy atom. The number of amides is 1. The van der Waals surface area contributed by atoms with Crippen molar-refractivity contribution in [2.45, 2.75) is 39.8 Å². The first-order valence-corrected chi connectivity index (χ1v) is 11.7. The zero-order chi connectivity index (χ0) is 22.1. The lowest BCUT2D eigenvalue weighted by atomic mass is 10.1. The lowest BCUT2D eigenvalue weighted by molar-refractivity contribution is -0.122. The van der Waals surface area contributed by atoms with E-state index in [4.69, 9.17) is 9.47 Å². The van der Waals surface area contributed by atoms with Gasteiger partial charge in [-0.2, -0.15) is 0 Å². The van der Waals surface area contributed by atoms with Gasteiger partial charge in [0, 0.05) is 0 Å². The molecule has 1 heterocycles. The van der Waals surface area contributed by atoms with Crippen LogP contribution in [0.15, 0.2) is 36.4 Å². The predicted octanol–water partition coefficient (Wildman–Crippen LogP) is 3.11. The maximum Gasteiger partial charge on any atom is 0.244 e. The molecule has 0 saturated carbocycles. The van der Waals surface area contributed by atoms with Crippen LogP contribution in [0.25, 0.3) is 0 Å². The van der Waals surface area contributed by atoms with Gasteiger partial charge in [-0.1, -0.05) is 12.1 Å². The Balaban J connectivity index is 1.80. The van der Waals surface area contributed by atoms with E-state index >= 15 is 0 Å². The number of nitrogens with one attached hydrogen (secondary N) is 1. The molecular formula is C22H28N2O5S. The normalized spacial score (nSPS) is 15.2. The summed E-state index contributed by atoms with van der Waals surface area (Å²) in [5.41, 5.74) is 3.32. The van der Waals surface area contributed by atoms with Gasteiger partial charge in [0.05, 0.1) is 18.0 Å². The predicted molar refractivity (Wildman–Crippen MR) is 117 cm³/mol. The van der Waals surface area contributed by atoms with Crippen molar-refractivity contribution in [2.24, 2.45) is 0 Å². The number of fused-ring (bicyclic) bond motifs is 1. The van der Waals surface area contributed by atoms with Crippen molar-refractivity contribution < 1.29 is 22.7 Å². The highest BCUT2D eigenvalue weighted by atomic mass is 32.2. The second-order valence-electron chi connectivity index (χ2n) is 7.64. The molecule has 7 nitrogen and oxygen atoms in total. The van der Waals surface area contributed by atoms with Gasteiger partial charge in [-0.3, -0.25) is 9.10 Å². The van der Waals surface area contributed by atoms with Crippen molar-refractivity contribution in [3.63, 3.8) is 0 Å². The zero-order valence-electron chi connectivity index (χ0n) is 17.9. The van der Waals surface area contributed by atoms with Gasteiger partial charge in [0.15, 0.2) is 11.5 Å². The second kappa shape index (κ2) is 8.55. The largest absolute Gasteiger partial charge is 0.486 e. The van der Waals surface area contributed by atoms with Crippen LogP contribution in [0.2, 0.25) is 0 Å². The van der Waals surface area contributed by atoms with Gasteiger partial charge in [-0.05, 0) is 68.7 Å². The van der Waals surface area contributed by atoms with Gasteiger partial charge in [0.1, 0.15) is 19.3 Å². The number of ether oxygens (including phenoxy) is 2. The van der Waals surface area contributed by atoms with Gasteiger partial charge in [0.2, 0.25) is 15.9 Å². The van der Waals surface area contributed by atoms with Crippen LogP contribution >= 0.6 is 0 Å². The third kappa shape index (κ3) is 4.70. The summed E-state index contributed by atoms with van der Waals surface area (Å²) in [6.07, 6.45) is 1.11. The standard InChI is InChI=1S/C22H28N2O5S/c1-14-6-8-19(12-15(14)2)24(30(5,26)27)17(4)22(25)23-16(3)18-7-9-20-21(13-18)29-11-10-28-20/h6-9,12-13,16-17H,10-11H2,1-5H3,(H,23,25)/t16-,17-/m0/s1. The second-order valence-corrected chi connectivity index (χ2v) is 9.50. The highest BCUT2D eigenvalue weighted by Gasteiger charge is 2.30. The highest BCUT2D eigenvalue weighted by Crippen LogP contribution is 2.32. The molecule has 0 aliphatic carbocycles. The lowest BCUT2D eigenvalue weighted by Crippen LogP contribution is -2.48. The molecular weight excluding hydrogens is 404 g/mol. The number of nitrogens with zero attached hydrogens (tertiary/aromatic N) is 1. The topological polar surface area (TPSA) is 84.9 Å². The Morgan fingerprint density at radius 1 is 1.00 bits per heavy atom. The molecule has 0 bridgehead atoms. The van der Waals surface area contributed by atoms with Crippen molar-refractivity contribution in [2.75, 3.05) is 23.8 Å². The number of hydrogen-bond acceptors (Lipinski definition) is 5. The van der Waals surface area contributed by atoms with E-state index in [2.05, 4.69) is 5.32 Å². The third-order valence-corrected chi connectivity index (χ3v) is 6.50. The van der Waals surface area contributed by atoms with Crippen LogP contribution in [-0.2, 0) is 14.8 Å². The van der Waals surface area contributed by atoms with Crippen LogP contribution in [0.1, 0.15) is 36.6 Å². The molecule has 0 fully saturated rings. The maximum atomic E-state index is 13.0. The van der Waals surface area contributed by atoms with E-state index in [0.29, 0.717) is 30.4 Å². The Hall–Kier alpha value is -2.74. The summed E-state index contributed by atoms with van der Waals surface area (Å²) in [5.74, 6) is 0.928. The highest BCUT2D eigenvalue weighted by molar-refractivity contribution is 7.92. The number of carbonyl (C=O) groups excluding carboxylic acids is 1. The molecule has 0 spiro atoms. The first-order valence-electron chi connectivity index (χ1n) is 9.84. The molecule has 3 rings (SSSR count). The molecule has 1 aliphatic rings. The van der Waals surface area contributed by atoms with Gasteiger partial charge < -0.3 is 14.8 Å². The van der Waals surface area contributed by atoms with Crippen molar-refractivity contribution in [1.82, 2.24) is 5.32 Å². The van der Waals surface area contributed by atoms with Crippen molar-refractivity contribution in [3.05, 3.63) is 53.1 Å². The first kappa shape index (κ1) is 22.0. The minimum atomic E-state index is -3.67. The van der Waals surface area contributed by atoms with Crippen LogP contribution < -0.4 is 19.1 Å². The van der Waals surface area contributed by atoms with E-state index < -0.39 is 16.1 Å². The quantitative estimate of drug-likeness (QED) is 0.758. The number of aryl methyl sites for hydroxylation is 2. The summed E-state index contributed by atoms with van der Waals surface area (Å²) in [6, 6.07) is 9.61. The van der Waals surface area contributed by atoms with Crippen molar-refractivity contribution in [3.8, 4) is 11.5 Å². The molecule has 30 heavy (non-hydrogen) atoms. The van der Waals surface area contributed by atoms with E-state index in [9.17, 15) is 13.2 Å². The summed E-state index contributed by atoms with van der Waals surface area (Å²) in [5, 5.41) is 2.91. The Morgan fingerprint density at radius 2 is 1.67 bits per heavy atom. The summed E-state index contributed by atoms with van der Waals surface area (Å²) in [4.78, 5) is 13.0. The number of anilines is 1. The van der Waals surface area contributed by atoms with Gasteiger partial charge >= 0.3 is 0 Å². The van der Waals surface area contributed by atoms with Crippen LogP contribution in [-0.4, -0.2) is 39.8 Å². The average molecular weight is 433 g/mol. The molecule has 0 saturated heterocycles. The van der Waals surface area contributed by atoms with E-state index in [1.54, 1.807) is 19.1 Å². The van der Waals surface area contributed by atoms with Crippen LogP contribution in [0, 0.1) is 13.8 Å². The van der Waals surface area contributed by atoms with E-state index in [-0.39, 0.29) is 11.9 Å². The van der Waals surface area contributed by atoms with E-state index in [1.807, 2.05) is 45.0 Å². The molecule has 2 aromatic rings. The lowest BCUT2D eigenvalue weighted by Gasteiger charge is -2.30. The Kier molecular flexibility index (Phi) is 6.26. The number of sulfonamides is 1. The number of benzene rings is 2. The first-order chi connectivity index (χ1) is 14.1. The van der Waals surface area contributed by atoms with Gasteiger partial charge in [-0.15, -0.1) is 0 Å². The van der Waals surface area contributed by atoms with Crippen molar-refractivity contribution >= 4 is 21.6 Å². The summed E-state index contributed by atoms with van der Waals surface area (Å²) in [7, 11) is -3.67. The molecule has 8 heteroatoms. The molecule has 0 aromatic heterocycles. The fourth-order valence-corrected chi connectivity index (χ4v) is 4.58.